The number of rotatable bonds is 4. The fourth-order valence-electron chi connectivity index (χ4n) is 1.66. The Labute approximate surface area is 114 Å². The molecule has 94 valence electrons. The van der Waals surface area contributed by atoms with Gasteiger partial charge in [0.2, 0.25) is 0 Å². The predicted molar refractivity (Wildman–Crippen MR) is 74.8 cm³/mol. The van der Waals surface area contributed by atoms with Gasteiger partial charge in [-0.1, -0.05) is 23.7 Å². The Balaban J connectivity index is 2.21. The molecule has 2 N–H and O–H groups in total. The van der Waals surface area contributed by atoms with Crippen LogP contribution in [0.3, 0.4) is 0 Å². The number of nitrogens with one attached hydrogen (secondary N) is 1. The molecule has 0 saturated heterocycles. The van der Waals surface area contributed by atoms with Gasteiger partial charge in [0.1, 0.15) is 0 Å². The molecule has 1 atom stereocenters. The third-order valence-electron chi connectivity index (χ3n) is 2.55. The molecule has 0 amide bonds. The molecule has 0 saturated carbocycles. The van der Waals surface area contributed by atoms with Gasteiger partial charge in [0, 0.05) is 10.6 Å². The molecule has 0 aliphatic rings. The number of thiophene rings is 1. The first-order chi connectivity index (χ1) is 8.58. The van der Waals surface area contributed by atoms with Crippen LogP contribution in [0.2, 0.25) is 4.34 Å². The van der Waals surface area contributed by atoms with E-state index in [1.54, 1.807) is 18.2 Å². The molecule has 2 rings (SSSR count). The fraction of sp³-hybridized carbons (Fsp3) is 0.154. The van der Waals surface area contributed by atoms with Crippen LogP contribution in [-0.2, 0) is 0 Å². The quantitative estimate of drug-likeness (QED) is 0.880. The van der Waals surface area contributed by atoms with Crippen molar-refractivity contribution < 1.29 is 9.90 Å². The molecule has 1 aromatic heterocycles. The minimum Gasteiger partial charge on any atom is -0.478 e. The summed E-state index contributed by atoms with van der Waals surface area (Å²) in [5, 5.41) is 12.3. The van der Waals surface area contributed by atoms with Crippen LogP contribution in [0.1, 0.15) is 28.2 Å². The predicted octanol–water partition coefficient (Wildman–Crippen LogP) is 4.27. The van der Waals surface area contributed by atoms with Crippen LogP contribution in [0.4, 0.5) is 5.69 Å². The summed E-state index contributed by atoms with van der Waals surface area (Å²) >= 11 is 7.37. The Bertz CT molecular complexity index is 568. The van der Waals surface area contributed by atoms with Crippen molar-refractivity contribution in [2.75, 3.05) is 5.32 Å². The summed E-state index contributed by atoms with van der Waals surface area (Å²) in [6, 6.07) is 10.7. The zero-order valence-electron chi connectivity index (χ0n) is 9.68. The number of carboxylic acid groups (broad SMARTS) is 1. The maximum atomic E-state index is 11.1. The third kappa shape index (κ3) is 2.83. The van der Waals surface area contributed by atoms with E-state index < -0.39 is 5.97 Å². The van der Waals surface area contributed by atoms with E-state index >= 15 is 0 Å². The number of hydrogen-bond donors (Lipinski definition) is 2. The van der Waals surface area contributed by atoms with E-state index in [0.29, 0.717) is 5.69 Å². The summed E-state index contributed by atoms with van der Waals surface area (Å²) in [6.45, 7) is 1.97. The van der Waals surface area contributed by atoms with Gasteiger partial charge in [0.25, 0.3) is 0 Å². The molecule has 0 aliphatic carbocycles. The number of carboxylic acids is 1. The average Bonchev–Trinajstić information content (AvgIpc) is 2.76. The molecule has 1 aromatic carbocycles. The number of hydrogen-bond acceptors (Lipinski definition) is 3. The van der Waals surface area contributed by atoms with Gasteiger partial charge in [-0.15, -0.1) is 11.3 Å². The van der Waals surface area contributed by atoms with Gasteiger partial charge in [-0.3, -0.25) is 0 Å². The number of anilines is 1. The van der Waals surface area contributed by atoms with Crippen molar-refractivity contribution in [3.8, 4) is 0 Å². The van der Waals surface area contributed by atoms with Crippen LogP contribution < -0.4 is 5.32 Å². The molecule has 3 nitrogen and oxygen atoms in total. The number of benzene rings is 1. The molecule has 5 heteroatoms. The lowest BCUT2D eigenvalue weighted by molar-refractivity contribution is 0.0698. The van der Waals surface area contributed by atoms with Crippen LogP contribution in [0, 0.1) is 0 Å². The molecule has 2 aromatic rings. The van der Waals surface area contributed by atoms with Gasteiger partial charge in [-0.2, -0.15) is 0 Å². The van der Waals surface area contributed by atoms with Crippen molar-refractivity contribution in [3.05, 3.63) is 51.2 Å². The summed E-state index contributed by atoms with van der Waals surface area (Å²) in [5.74, 6) is -0.936. The largest absolute Gasteiger partial charge is 0.478 e. The highest BCUT2D eigenvalue weighted by Crippen LogP contribution is 2.29. The fourth-order valence-corrected chi connectivity index (χ4v) is 2.72. The minimum absolute atomic E-state index is 0.0167. The zero-order chi connectivity index (χ0) is 13.1. The van der Waals surface area contributed by atoms with E-state index in [1.165, 1.54) is 11.3 Å². The zero-order valence-corrected chi connectivity index (χ0v) is 11.3. The van der Waals surface area contributed by atoms with Gasteiger partial charge >= 0.3 is 5.97 Å². The van der Waals surface area contributed by atoms with Crippen LogP contribution in [0.5, 0.6) is 0 Å². The van der Waals surface area contributed by atoms with Crippen LogP contribution in [-0.4, -0.2) is 11.1 Å². The number of para-hydroxylation sites is 1. The maximum Gasteiger partial charge on any atom is 0.337 e. The van der Waals surface area contributed by atoms with Crippen molar-refractivity contribution in [2.45, 2.75) is 13.0 Å². The first kappa shape index (κ1) is 12.9. The topological polar surface area (TPSA) is 49.3 Å². The summed E-state index contributed by atoms with van der Waals surface area (Å²) in [5.41, 5.74) is 0.883. The molecule has 0 bridgehead atoms. The van der Waals surface area contributed by atoms with Gasteiger partial charge < -0.3 is 10.4 Å². The van der Waals surface area contributed by atoms with E-state index in [2.05, 4.69) is 5.32 Å². The van der Waals surface area contributed by atoms with E-state index in [4.69, 9.17) is 16.7 Å². The van der Waals surface area contributed by atoms with E-state index in [1.807, 2.05) is 25.1 Å². The van der Waals surface area contributed by atoms with Gasteiger partial charge in [-0.25, -0.2) is 4.79 Å². The Morgan fingerprint density at radius 3 is 2.67 bits per heavy atom. The van der Waals surface area contributed by atoms with Crippen molar-refractivity contribution in [3.63, 3.8) is 0 Å². The summed E-state index contributed by atoms with van der Waals surface area (Å²) in [4.78, 5) is 12.2. The molecular formula is C13H12ClNO2S. The molecule has 0 spiro atoms. The van der Waals surface area contributed by atoms with Gasteiger partial charge in [0.15, 0.2) is 0 Å². The number of halogens is 1. The van der Waals surface area contributed by atoms with Crippen molar-refractivity contribution in [1.82, 2.24) is 0 Å². The van der Waals surface area contributed by atoms with Crippen molar-refractivity contribution in [1.29, 1.82) is 0 Å². The van der Waals surface area contributed by atoms with Crippen LogP contribution in [0.15, 0.2) is 36.4 Å². The van der Waals surface area contributed by atoms with E-state index in [-0.39, 0.29) is 11.6 Å². The second-order valence-electron chi connectivity index (χ2n) is 3.86. The second-order valence-corrected chi connectivity index (χ2v) is 5.61. The molecular weight excluding hydrogens is 270 g/mol. The van der Waals surface area contributed by atoms with Gasteiger partial charge in [-0.05, 0) is 31.2 Å². The van der Waals surface area contributed by atoms with E-state index in [9.17, 15) is 4.79 Å². The molecule has 0 radical (unpaired) electrons. The molecule has 18 heavy (non-hydrogen) atoms. The smallest absolute Gasteiger partial charge is 0.337 e. The summed E-state index contributed by atoms with van der Waals surface area (Å²) < 4.78 is 0.727. The number of carbonyl (C=O) groups is 1. The Morgan fingerprint density at radius 2 is 2.06 bits per heavy atom. The monoisotopic (exact) mass is 281 g/mol. The maximum absolute atomic E-state index is 11.1. The molecule has 0 fully saturated rings. The lowest BCUT2D eigenvalue weighted by Gasteiger charge is -2.15. The second kappa shape index (κ2) is 5.42. The SMILES string of the molecule is CC(Nc1ccccc1C(=O)O)c1ccc(Cl)s1. The third-order valence-corrected chi connectivity index (χ3v) is 3.96. The normalized spacial score (nSPS) is 12.1. The molecule has 0 aliphatic heterocycles. The molecule has 1 unspecified atom stereocenters. The summed E-state index contributed by atoms with van der Waals surface area (Å²) in [7, 11) is 0. The summed E-state index contributed by atoms with van der Waals surface area (Å²) in [6.07, 6.45) is 0. The lowest BCUT2D eigenvalue weighted by atomic mass is 10.1. The van der Waals surface area contributed by atoms with E-state index in [0.717, 1.165) is 9.21 Å². The van der Waals surface area contributed by atoms with Gasteiger partial charge in [0.05, 0.1) is 15.9 Å². The highest BCUT2D eigenvalue weighted by Gasteiger charge is 2.13. The Kier molecular flexibility index (Phi) is 3.89. The average molecular weight is 282 g/mol. The first-order valence-corrected chi connectivity index (χ1v) is 6.61. The van der Waals surface area contributed by atoms with Crippen LogP contribution >= 0.6 is 22.9 Å². The van der Waals surface area contributed by atoms with Crippen molar-refractivity contribution >= 4 is 34.6 Å². The Morgan fingerprint density at radius 1 is 1.33 bits per heavy atom. The van der Waals surface area contributed by atoms with Crippen molar-refractivity contribution in [2.24, 2.45) is 0 Å². The highest BCUT2D eigenvalue weighted by molar-refractivity contribution is 7.16. The Hall–Kier alpha value is -1.52. The molecule has 1 heterocycles. The highest BCUT2D eigenvalue weighted by atomic mass is 35.5. The number of aromatic carboxylic acids is 1. The first-order valence-electron chi connectivity index (χ1n) is 5.42. The van der Waals surface area contributed by atoms with Crippen LogP contribution in [0.25, 0.3) is 0 Å². The standard InChI is InChI=1S/C13H12ClNO2S/c1-8(11-6-7-12(14)18-11)15-10-5-3-2-4-9(10)13(16)17/h2-8,15H,1H3,(H,16,17). The minimum atomic E-state index is -0.936. The lowest BCUT2D eigenvalue weighted by Crippen LogP contribution is -2.09.